The minimum atomic E-state index is -0.251. The Morgan fingerprint density at radius 2 is 1.89 bits per heavy atom. The molecule has 1 fully saturated rings. The summed E-state index contributed by atoms with van der Waals surface area (Å²) in [6, 6.07) is 5.75. The van der Waals surface area contributed by atoms with E-state index in [2.05, 4.69) is 11.2 Å². The van der Waals surface area contributed by atoms with E-state index in [0.29, 0.717) is 6.54 Å². The topological polar surface area (TPSA) is 64.8 Å². The molecule has 6 nitrogen and oxygen atoms in total. The van der Waals surface area contributed by atoms with Crippen LogP contribution in [-0.2, 0) is 11.2 Å². The first-order valence-corrected chi connectivity index (χ1v) is 9.87. The number of benzene rings is 1. The summed E-state index contributed by atoms with van der Waals surface area (Å²) in [4.78, 5) is 15.4. The second-order valence-electron chi connectivity index (χ2n) is 7.79. The molecule has 0 N–H and O–H groups in total. The van der Waals surface area contributed by atoms with Gasteiger partial charge in [-0.05, 0) is 49.4 Å². The average molecular weight is 368 g/mol. The Balaban J connectivity index is 1.56. The van der Waals surface area contributed by atoms with Crippen LogP contribution in [0.1, 0.15) is 60.7 Å². The molecule has 0 bridgehead atoms. The van der Waals surface area contributed by atoms with Gasteiger partial charge in [0.1, 0.15) is 6.04 Å². The molecule has 142 valence electrons. The third-order valence-corrected chi connectivity index (χ3v) is 6.02. The van der Waals surface area contributed by atoms with Gasteiger partial charge in [-0.2, -0.15) is 0 Å². The molecule has 3 aliphatic rings. The first-order chi connectivity index (χ1) is 13.2. The van der Waals surface area contributed by atoms with Crippen LogP contribution >= 0.6 is 0 Å². The molecule has 1 aliphatic carbocycles. The highest BCUT2D eigenvalue weighted by atomic mass is 16.7. The number of fused-ring (bicyclic) bond motifs is 2. The SMILES string of the molecule is Cc1cc([C@H]2c3cc4c(cc3CCN2C(=O)C2CCCCC2)OCO4)on1. The minimum absolute atomic E-state index is 0.126. The van der Waals surface area contributed by atoms with E-state index in [1.54, 1.807) is 0 Å². The molecule has 0 unspecified atom stereocenters. The van der Waals surface area contributed by atoms with E-state index < -0.39 is 0 Å². The molecule has 1 atom stereocenters. The van der Waals surface area contributed by atoms with E-state index in [0.717, 1.165) is 60.6 Å². The van der Waals surface area contributed by atoms with Gasteiger partial charge < -0.3 is 18.9 Å². The molecule has 0 saturated heterocycles. The van der Waals surface area contributed by atoms with Crippen LogP contribution in [0.5, 0.6) is 11.5 Å². The molecular formula is C21H24N2O4. The summed E-state index contributed by atoms with van der Waals surface area (Å²) in [5.74, 6) is 2.62. The Morgan fingerprint density at radius 1 is 1.11 bits per heavy atom. The Morgan fingerprint density at radius 3 is 2.63 bits per heavy atom. The molecule has 27 heavy (non-hydrogen) atoms. The molecule has 0 spiro atoms. The van der Waals surface area contributed by atoms with E-state index in [1.807, 2.05) is 24.0 Å². The Labute approximate surface area is 158 Å². The second kappa shape index (κ2) is 6.59. The van der Waals surface area contributed by atoms with Crippen molar-refractivity contribution in [2.24, 2.45) is 5.92 Å². The number of carbonyl (C=O) groups is 1. The number of amides is 1. The van der Waals surface area contributed by atoms with Crippen LogP contribution in [0.2, 0.25) is 0 Å². The maximum absolute atomic E-state index is 13.4. The fraction of sp³-hybridized carbons (Fsp3) is 0.524. The van der Waals surface area contributed by atoms with Crippen LogP contribution in [0.3, 0.4) is 0 Å². The van der Waals surface area contributed by atoms with Crippen molar-refractivity contribution in [3.63, 3.8) is 0 Å². The predicted molar refractivity (Wildman–Crippen MR) is 97.6 cm³/mol. The monoisotopic (exact) mass is 368 g/mol. The van der Waals surface area contributed by atoms with Gasteiger partial charge in [-0.3, -0.25) is 4.79 Å². The van der Waals surface area contributed by atoms with Crippen LogP contribution in [-0.4, -0.2) is 29.3 Å². The summed E-state index contributed by atoms with van der Waals surface area (Å²) in [5.41, 5.74) is 3.07. The lowest BCUT2D eigenvalue weighted by Crippen LogP contribution is -2.44. The smallest absolute Gasteiger partial charge is 0.231 e. The quantitative estimate of drug-likeness (QED) is 0.807. The van der Waals surface area contributed by atoms with Gasteiger partial charge in [-0.1, -0.05) is 24.4 Å². The van der Waals surface area contributed by atoms with Gasteiger partial charge in [0.05, 0.1) is 5.69 Å². The summed E-state index contributed by atoms with van der Waals surface area (Å²) in [7, 11) is 0. The summed E-state index contributed by atoms with van der Waals surface area (Å²) < 4.78 is 16.8. The molecule has 1 aromatic heterocycles. The summed E-state index contributed by atoms with van der Waals surface area (Å²) in [6.45, 7) is 2.84. The standard InChI is InChI=1S/C21H24N2O4/c1-13-9-19(27-22-13)20-16-11-18-17(25-12-26-18)10-15(16)7-8-23(20)21(24)14-5-3-2-4-6-14/h9-11,14,20H,2-8,12H2,1H3/t20-/m1/s1. The zero-order valence-electron chi connectivity index (χ0n) is 15.6. The summed E-state index contributed by atoms with van der Waals surface area (Å²) in [6.07, 6.45) is 6.32. The third-order valence-electron chi connectivity index (χ3n) is 6.02. The van der Waals surface area contributed by atoms with Gasteiger partial charge in [0.15, 0.2) is 17.3 Å². The maximum Gasteiger partial charge on any atom is 0.231 e. The van der Waals surface area contributed by atoms with Crippen LogP contribution < -0.4 is 9.47 Å². The molecule has 2 aliphatic heterocycles. The van der Waals surface area contributed by atoms with E-state index in [4.69, 9.17) is 14.0 Å². The predicted octanol–water partition coefficient (Wildman–Crippen LogP) is 3.77. The van der Waals surface area contributed by atoms with Crippen molar-refractivity contribution in [2.75, 3.05) is 13.3 Å². The number of hydrogen-bond donors (Lipinski definition) is 0. The van der Waals surface area contributed by atoms with E-state index in [-0.39, 0.29) is 24.7 Å². The van der Waals surface area contributed by atoms with Crippen LogP contribution in [0.25, 0.3) is 0 Å². The number of rotatable bonds is 2. The van der Waals surface area contributed by atoms with Gasteiger partial charge in [-0.15, -0.1) is 0 Å². The molecule has 1 amide bonds. The van der Waals surface area contributed by atoms with Gasteiger partial charge in [0.25, 0.3) is 0 Å². The van der Waals surface area contributed by atoms with Crippen molar-refractivity contribution in [3.8, 4) is 11.5 Å². The van der Waals surface area contributed by atoms with Crippen molar-refractivity contribution in [1.29, 1.82) is 0 Å². The van der Waals surface area contributed by atoms with E-state index in [1.165, 1.54) is 12.0 Å². The van der Waals surface area contributed by atoms with Gasteiger partial charge in [0.2, 0.25) is 12.7 Å². The molecule has 5 rings (SSSR count). The zero-order valence-corrected chi connectivity index (χ0v) is 15.6. The third kappa shape index (κ3) is 2.87. The van der Waals surface area contributed by atoms with E-state index in [9.17, 15) is 4.79 Å². The number of hydrogen-bond acceptors (Lipinski definition) is 5. The lowest BCUT2D eigenvalue weighted by atomic mass is 9.85. The molecule has 1 aromatic carbocycles. The van der Waals surface area contributed by atoms with Crippen molar-refractivity contribution >= 4 is 5.91 Å². The van der Waals surface area contributed by atoms with Crippen molar-refractivity contribution in [3.05, 3.63) is 40.8 Å². The first kappa shape index (κ1) is 16.7. The highest BCUT2D eigenvalue weighted by Gasteiger charge is 2.38. The second-order valence-corrected chi connectivity index (χ2v) is 7.79. The van der Waals surface area contributed by atoms with Crippen LogP contribution in [0.15, 0.2) is 22.7 Å². The number of ether oxygens (including phenoxy) is 2. The lowest BCUT2D eigenvalue weighted by molar-refractivity contribution is -0.139. The maximum atomic E-state index is 13.4. The van der Waals surface area contributed by atoms with Gasteiger partial charge in [-0.25, -0.2) is 0 Å². The average Bonchev–Trinajstić information content (AvgIpc) is 3.33. The lowest BCUT2D eigenvalue weighted by Gasteiger charge is -2.38. The Kier molecular flexibility index (Phi) is 4.06. The molecule has 6 heteroatoms. The number of carbonyl (C=O) groups excluding carboxylic acids is 1. The Hall–Kier alpha value is -2.50. The van der Waals surface area contributed by atoms with Crippen molar-refractivity contribution in [2.45, 2.75) is 51.5 Å². The number of aryl methyl sites for hydroxylation is 1. The number of nitrogens with zero attached hydrogens (tertiary/aromatic N) is 2. The van der Waals surface area contributed by atoms with Gasteiger partial charge >= 0.3 is 0 Å². The fourth-order valence-corrected chi connectivity index (χ4v) is 4.65. The highest BCUT2D eigenvalue weighted by molar-refractivity contribution is 5.80. The molecule has 0 radical (unpaired) electrons. The number of aromatic nitrogens is 1. The van der Waals surface area contributed by atoms with Gasteiger partial charge in [0, 0.05) is 18.5 Å². The first-order valence-electron chi connectivity index (χ1n) is 9.87. The fourth-order valence-electron chi connectivity index (χ4n) is 4.65. The Bertz CT molecular complexity index is 869. The van der Waals surface area contributed by atoms with Crippen LogP contribution in [0, 0.1) is 12.8 Å². The van der Waals surface area contributed by atoms with Crippen molar-refractivity contribution < 1.29 is 18.8 Å². The largest absolute Gasteiger partial charge is 0.454 e. The van der Waals surface area contributed by atoms with Crippen molar-refractivity contribution in [1.82, 2.24) is 10.1 Å². The normalized spacial score (nSPS) is 22.0. The summed E-state index contributed by atoms with van der Waals surface area (Å²) >= 11 is 0. The summed E-state index contributed by atoms with van der Waals surface area (Å²) in [5, 5.41) is 4.07. The molecule has 2 aromatic rings. The zero-order chi connectivity index (χ0) is 18.4. The van der Waals surface area contributed by atoms with Crippen LogP contribution in [0.4, 0.5) is 0 Å². The van der Waals surface area contributed by atoms with E-state index >= 15 is 0 Å². The molecule has 3 heterocycles. The highest BCUT2D eigenvalue weighted by Crippen LogP contribution is 2.43. The minimum Gasteiger partial charge on any atom is -0.454 e. The molecule has 1 saturated carbocycles. The molecular weight excluding hydrogens is 344 g/mol.